The number of hydrogen-bond acceptors (Lipinski definition) is 11. The van der Waals surface area contributed by atoms with Crippen LogP contribution in [0.2, 0.25) is 0 Å². The van der Waals surface area contributed by atoms with Gasteiger partial charge in [-0.1, -0.05) is 0 Å². The summed E-state index contributed by atoms with van der Waals surface area (Å²) in [7, 11) is 4.31. The lowest BCUT2D eigenvalue weighted by Crippen LogP contribution is -2.55. The van der Waals surface area contributed by atoms with Gasteiger partial charge in [-0.25, -0.2) is 0 Å². The van der Waals surface area contributed by atoms with Gasteiger partial charge in [0.05, 0.1) is 27.9 Å². The number of methoxy groups -OCH3 is 3. The van der Waals surface area contributed by atoms with Crippen LogP contribution in [0.3, 0.4) is 0 Å². The van der Waals surface area contributed by atoms with Crippen molar-refractivity contribution in [2.45, 2.75) is 24.6 Å². The summed E-state index contributed by atoms with van der Waals surface area (Å²) in [6, 6.07) is 7.40. The number of phenols is 1. The van der Waals surface area contributed by atoms with Gasteiger partial charge < -0.3 is 48.5 Å². The molecule has 2 heterocycles. The molecule has 1 aromatic heterocycles. The van der Waals surface area contributed by atoms with E-state index in [0.717, 1.165) is 0 Å². The van der Waals surface area contributed by atoms with Crippen LogP contribution in [0, 0.1) is 0 Å². The molecule has 0 unspecified atom stereocenters. The highest BCUT2D eigenvalue weighted by Crippen LogP contribution is 2.39. The average Bonchev–Trinajstić information content (AvgIpc) is 2.84. The number of hydrogen-bond donors (Lipinski definition) is 4. The van der Waals surface area contributed by atoms with Gasteiger partial charge in [0, 0.05) is 17.7 Å². The van der Waals surface area contributed by atoms with Crippen molar-refractivity contribution >= 4 is 11.0 Å². The number of rotatable bonds is 6. The first-order chi connectivity index (χ1) is 16.3. The third-order valence-corrected chi connectivity index (χ3v) is 5.48. The largest absolute Gasteiger partial charge is 0.507 e. The Balaban J connectivity index is 1.93. The van der Waals surface area contributed by atoms with E-state index >= 15 is 0 Å². The quantitative estimate of drug-likeness (QED) is 0.402. The lowest BCUT2D eigenvalue weighted by atomic mass is 10.1. The van der Waals surface area contributed by atoms with E-state index in [1.807, 2.05) is 0 Å². The molecule has 0 radical (unpaired) electrons. The van der Waals surface area contributed by atoms with Crippen molar-refractivity contribution in [2.24, 2.45) is 0 Å². The third-order valence-electron chi connectivity index (χ3n) is 5.48. The summed E-state index contributed by atoms with van der Waals surface area (Å²) in [5.41, 5.74) is -0.401. The summed E-state index contributed by atoms with van der Waals surface area (Å²) in [5, 5.41) is 40.3. The molecule has 11 nitrogen and oxygen atoms in total. The van der Waals surface area contributed by atoms with Crippen LogP contribution in [-0.2, 0) is 4.74 Å². The molecule has 1 fully saturated rings. The van der Waals surface area contributed by atoms with Gasteiger partial charge in [-0.2, -0.15) is 0 Å². The predicted molar refractivity (Wildman–Crippen MR) is 118 cm³/mol. The van der Waals surface area contributed by atoms with Crippen molar-refractivity contribution in [2.75, 3.05) is 27.9 Å². The Hall–Kier alpha value is -3.51. The molecule has 0 amide bonds. The first-order valence-electron chi connectivity index (χ1n) is 10.2. The number of benzene rings is 2. The molecule has 4 N–H and O–H groups in total. The standard InChI is InChI=1S/C23H24O11/c1-29-11-7-12(24)17-16(8-11)33-21(10-4-5-14(30-2)15(6-10)31-3)22(19(17)27)34-23-20(28)18(26)13(25)9-32-23/h4-8,13,18,20,23-26,28H,9H2,1-3H3/t13-,18+,20+,23+/m1/s1. The minimum absolute atomic E-state index is 0.0135. The normalized spacial score (nSPS) is 22.4. The Morgan fingerprint density at radius 1 is 0.941 bits per heavy atom. The van der Waals surface area contributed by atoms with Crippen LogP contribution in [0.15, 0.2) is 39.5 Å². The summed E-state index contributed by atoms with van der Waals surface area (Å²) < 4.78 is 32.7. The number of phenolic OH excluding ortho intramolecular Hbond substituents is 1. The maximum Gasteiger partial charge on any atom is 0.239 e. The van der Waals surface area contributed by atoms with Crippen molar-refractivity contribution in [3.8, 4) is 40.1 Å². The molecule has 3 aromatic rings. The maximum absolute atomic E-state index is 13.5. The van der Waals surface area contributed by atoms with Gasteiger partial charge in [0.25, 0.3) is 0 Å². The van der Waals surface area contributed by atoms with Gasteiger partial charge in [-0.05, 0) is 18.2 Å². The number of aliphatic hydroxyl groups is 3. The molecular weight excluding hydrogens is 452 g/mol. The molecule has 11 heteroatoms. The number of ether oxygens (including phenoxy) is 5. The Kier molecular flexibility index (Phi) is 6.53. The van der Waals surface area contributed by atoms with Crippen molar-refractivity contribution in [1.29, 1.82) is 0 Å². The molecule has 4 atom stereocenters. The van der Waals surface area contributed by atoms with Crippen LogP contribution in [0.5, 0.6) is 28.7 Å². The lowest BCUT2D eigenvalue weighted by Gasteiger charge is -2.34. The number of fused-ring (bicyclic) bond motifs is 1. The predicted octanol–water partition coefficient (Wildman–Crippen LogP) is 1.01. The van der Waals surface area contributed by atoms with Crippen LogP contribution in [0.4, 0.5) is 0 Å². The summed E-state index contributed by atoms with van der Waals surface area (Å²) >= 11 is 0. The molecule has 2 aromatic carbocycles. The minimum Gasteiger partial charge on any atom is -0.507 e. The van der Waals surface area contributed by atoms with Crippen molar-refractivity contribution in [3.05, 3.63) is 40.6 Å². The maximum atomic E-state index is 13.5. The summed E-state index contributed by atoms with van der Waals surface area (Å²) in [6.07, 6.45) is -6.06. The molecule has 1 aliphatic rings. The molecule has 0 aliphatic carbocycles. The second-order valence-electron chi connectivity index (χ2n) is 7.55. The zero-order valence-electron chi connectivity index (χ0n) is 18.5. The highest BCUT2D eigenvalue weighted by atomic mass is 16.7. The SMILES string of the molecule is COc1cc(O)c2c(=O)c(O[C@@H]3OC[C@@H](O)[C@H](O)[C@@H]3O)c(-c3ccc(OC)c(OC)c3)oc2c1. The Labute approximate surface area is 193 Å². The van der Waals surface area contributed by atoms with Crippen LogP contribution in [0.25, 0.3) is 22.3 Å². The van der Waals surface area contributed by atoms with Gasteiger partial charge in [-0.3, -0.25) is 4.79 Å². The van der Waals surface area contributed by atoms with E-state index in [0.29, 0.717) is 17.1 Å². The summed E-state index contributed by atoms with van der Waals surface area (Å²) in [4.78, 5) is 13.5. The van der Waals surface area contributed by atoms with E-state index in [4.69, 9.17) is 28.1 Å². The van der Waals surface area contributed by atoms with Crippen LogP contribution in [0.1, 0.15) is 0 Å². The first-order valence-corrected chi connectivity index (χ1v) is 10.2. The molecular formula is C23H24O11. The van der Waals surface area contributed by atoms with E-state index in [1.165, 1.54) is 33.5 Å². The minimum atomic E-state index is -1.67. The highest BCUT2D eigenvalue weighted by molar-refractivity contribution is 5.88. The van der Waals surface area contributed by atoms with Gasteiger partial charge in [0.2, 0.25) is 17.5 Å². The zero-order chi connectivity index (χ0) is 24.6. The average molecular weight is 476 g/mol. The third kappa shape index (κ3) is 4.10. The topological polar surface area (TPSA) is 157 Å². The zero-order valence-corrected chi connectivity index (χ0v) is 18.5. The Morgan fingerprint density at radius 3 is 2.35 bits per heavy atom. The van der Waals surface area contributed by atoms with E-state index in [-0.39, 0.29) is 29.1 Å². The van der Waals surface area contributed by atoms with Crippen LogP contribution in [-0.4, -0.2) is 73.0 Å². The van der Waals surface area contributed by atoms with E-state index in [9.17, 15) is 25.2 Å². The second kappa shape index (κ2) is 9.39. The molecule has 4 rings (SSSR count). The molecule has 182 valence electrons. The molecule has 1 saturated heterocycles. The van der Waals surface area contributed by atoms with Gasteiger partial charge >= 0.3 is 0 Å². The monoisotopic (exact) mass is 476 g/mol. The molecule has 0 bridgehead atoms. The Morgan fingerprint density at radius 2 is 1.68 bits per heavy atom. The summed E-state index contributed by atoms with van der Waals surface area (Å²) in [6.45, 7) is -0.337. The second-order valence-corrected chi connectivity index (χ2v) is 7.55. The molecule has 0 spiro atoms. The summed E-state index contributed by atoms with van der Waals surface area (Å²) in [5.74, 6) is 0.153. The van der Waals surface area contributed by atoms with Crippen LogP contribution >= 0.6 is 0 Å². The smallest absolute Gasteiger partial charge is 0.239 e. The van der Waals surface area contributed by atoms with E-state index in [1.54, 1.807) is 18.2 Å². The van der Waals surface area contributed by atoms with Gasteiger partial charge in [0.15, 0.2) is 17.3 Å². The highest BCUT2D eigenvalue weighted by Gasteiger charge is 2.40. The van der Waals surface area contributed by atoms with Crippen molar-refractivity contribution in [1.82, 2.24) is 0 Å². The number of aromatic hydroxyl groups is 1. The van der Waals surface area contributed by atoms with Crippen molar-refractivity contribution < 1.29 is 48.5 Å². The molecule has 0 saturated carbocycles. The van der Waals surface area contributed by atoms with E-state index < -0.39 is 41.5 Å². The lowest BCUT2D eigenvalue weighted by molar-refractivity contribution is -0.242. The van der Waals surface area contributed by atoms with Gasteiger partial charge in [-0.15, -0.1) is 0 Å². The van der Waals surface area contributed by atoms with Crippen LogP contribution < -0.4 is 24.4 Å². The fourth-order valence-electron chi connectivity index (χ4n) is 3.65. The fraction of sp³-hybridized carbons (Fsp3) is 0.348. The fourth-order valence-corrected chi connectivity index (χ4v) is 3.65. The first kappa shape index (κ1) is 23.6. The molecule has 34 heavy (non-hydrogen) atoms. The van der Waals surface area contributed by atoms with E-state index in [2.05, 4.69) is 0 Å². The van der Waals surface area contributed by atoms with Gasteiger partial charge in [0.1, 0.15) is 40.8 Å². The Bertz CT molecular complexity index is 1250. The number of aliphatic hydroxyl groups excluding tert-OH is 3. The molecule has 1 aliphatic heterocycles. The van der Waals surface area contributed by atoms with Crippen molar-refractivity contribution in [3.63, 3.8) is 0 Å².